The van der Waals surface area contributed by atoms with Crippen molar-refractivity contribution >= 4 is 91.3 Å². The summed E-state index contributed by atoms with van der Waals surface area (Å²) in [5.74, 6) is 0.431. The summed E-state index contributed by atoms with van der Waals surface area (Å²) in [6.45, 7) is 0. The number of allylic oxidation sites excluding steroid dienone is 8. The molecule has 1 nitrogen and oxygen atoms in total. The molecule has 0 saturated heterocycles. The highest BCUT2D eigenvalue weighted by Gasteiger charge is 2.23. The minimum Gasteiger partial charge on any atom is -0.456 e. The van der Waals surface area contributed by atoms with E-state index < -0.39 is 0 Å². The summed E-state index contributed by atoms with van der Waals surface area (Å²) >= 11 is 1.88. The van der Waals surface area contributed by atoms with Gasteiger partial charge in [-0.1, -0.05) is 121 Å². The smallest absolute Gasteiger partial charge is 0.136 e. The molecule has 0 spiro atoms. The molecular formula is C46H28OS. The molecule has 11 rings (SSSR count). The van der Waals surface area contributed by atoms with Crippen LogP contribution in [-0.2, 0) is 0 Å². The molecule has 2 aliphatic carbocycles. The predicted octanol–water partition coefficient (Wildman–Crippen LogP) is 13.5. The third-order valence-electron chi connectivity index (χ3n) is 10.6. The van der Waals surface area contributed by atoms with Crippen molar-refractivity contribution in [1.29, 1.82) is 0 Å². The van der Waals surface area contributed by atoms with Gasteiger partial charge in [0.15, 0.2) is 0 Å². The van der Waals surface area contributed by atoms with Crippen molar-refractivity contribution < 1.29 is 4.42 Å². The Morgan fingerprint density at radius 2 is 1.29 bits per heavy atom. The molecule has 0 N–H and O–H groups in total. The fraction of sp³-hybridized carbons (Fsp3) is 0.0435. The number of thiophene rings is 1. The lowest BCUT2D eigenvalue weighted by Gasteiger charge is -2.25. The van der Waals surface area contributed by atoms with Crippen molar-refractivity contribution in [2.24, 2.45) is 5.92 Å². The van der Waals surface area contributed by atoms with Gasteiger partial charge < -0.3 is 4.42 Å². The van der Waals surface area contributed by atoms with Crippen LogP contribution in [0.25, 0.3) is 91.1 Å². The van der Waals surface area contributed by atoms with E-state index in [9.17, 15) is 0 Å². The normalized spacial score (nSPS) is 16.1. The zero-order valence-corrected chi connectivity index (χ0v) is 26.9. The lowest BCUT2D eigenvalue weighted by atomic mass is 9.79. The number of fused-ring (bicyclic) bond motifs is 11. The SMILES string of the molecule is C1=CC2=CC=C(c3c4ccccc4c(-c4ccc5sc6c7cc8oc9ccccc9c8cc7ccc6c5c4)c4ccccc34)CC2C=C1. The summed E-state index contributed by atoms with van der Waals surface area (Å²) in [6.07, 6.45) is 14.6. The molecule has 48 heavy (non-hydrogen) atoms. The van der Waals surface area contributed by atoms with Gasteiger partial charge in [0.25, 0.3) is 0 Å². The summed E-state index contributed by atoms with van der Waals surface area (Å²) in [7, 11) is 0. The van der Waals surface area contributed by atoms with E-state index in [1.165, 1.54) is 91.1 Å². The summed E-state index contributed by atoms with van der Waals surface area (Å²) in [4.78, 5) is 0. The minimum atomic E-state index is 0.431. The van der Waals surface area contributed by atoms with Gasteiger partial charge in [0.2, 0.25) is 0 Å². The first-order valence-corrected chi connectivity index (χ1v) is 17.5. The number of furan rings is 1. The Morgan fingerprint density at radius 3 is 2.10 bits per heavy atom. The Hall–Kier alpha value is -5.70. The molecule has 0 aliphatic heterocycles. The van der Waals surface area contributed by atoms with Crippen LogP contribution in [-0.4, -0.2) is 0 Å². The molecule has 0 bridgehead atoms. The van der Waals surface area contributed by atoms with E-state index >= 15 is 0 Å². The Balaban J connectivity index is 1.15. The van der Waals surface area contributed by atoms with Gasteiger partial charge in [0.05, 0.1) is 0 Å². The van der Waals surface area contributed by atoms with Gasteiger partial charge in [-0.25, -0.2) is 0 Å². The molecule has 0 radical (unpaired) electrons. The number of para-hydroxylation sites is 1. The summed E-state index contributed by atoms with van der Waals surface area (Å²) in [5, 5.41) is 12.7. The largest absolute Gasteiger partial charge is 0.456 e. The quantitative estimate of drug-likeness (QED) is 0.174. The second kappa shape index (κ2) is 9.90. The van der Waals surface area contributed by atoms with Crippen molar-refractivity contribution in [2.75, 3.05) is 0 Å². The van der Waals surface area contributed by atoms with E-state index in [0.29, 0.717) is 5.92 Å². The molecule has 2 aliphatic rings. The summed E-state index contributed by atoms with van der Waals surface area (Å²) < 4.78 is 8.93. The Kier molecular flexibility index (Phi) is 5.44. The highest BCUT2D eigenvalue weighted by Crippen LogP contribution is 2.47. The van der Waals surface area contributed by atoms with Crippen LogP contribution < -0.4 is 0 Å². The number of benzene rings is 7. The maximum absolute atomic E-state index is 6.31. The summed E-state index contributed by atoms with van der Waals surface area (Å²) in [6, 6.07) is 42.6. The number of hydrogen-bond donors (Lipinski definition) is 0. The molecule has 0 saturated carbocycles. The van der Waals surface area contributed by atoms with Crippen LogP contribution in [0.3, 0.4) is 0 Å². The van der Waals surface area contributed by atoms with Gasteiger partial charge in [0.1, 0.15) is 11.2 Å². The first-order valence-electron chi connectivity index (χ1n) is 16.7. The van der Waals surface area contributed by atoms with Crippen molar-refractivity contribution in [2.45, 2.75) is 6.42 Å². The average molecular weight is 629 g/mol. The van der Waals surface area contributed by atoms with E-state index in [-0.39, 0.29) is 0 Å². The Labute approximate surface area is 281 Å². The molecule has 0 fully saturated rings. The van der Waals surface area contributed by atoms with E-state index in [1.54, 1.807) is 0 Å². The molecular weight excluding hydrogens is 601 g/mol. The fourth-order valence-corrected chi connectivity index (χ4v) is 9.58. The lowest BCUT2D eigenvalue weighted by molar-refractivity contribution is 0.669. The first kappa shape index (κ1) is 26.4. The van der Waals surface area contributed by atoms with Crippen LogP contribution in [0, 0.1) is 5.92 Å². The maximum atomic E-state index is 6.31. The zero-order valence-electron chi connectivity index (χ0n) is 26.0. The van der Waals surface area contributed by atoms with Crippen molar-refractivity contribution in [3.8, 4) is 11.1 Å². The van der Waals surface area contributed by atoms with Gasteiger partial charge in [-0.2, -0.15) is 0 Å². The summed E-state index contributed by atoms with van der Waals surface area (Å²) in [5.41, 5.74) is 8.63. The van der Waals surface area contributed by atoms with Crippen LogP contribution in [0.2, 0.25) is 0 Å². The van der Waals surface area contributed by atoms with Crippen LogP contribution in [0.1, 0.15) is 12.0 Å². The predicted molar refractivity (Wildman–Crippen MR) is 207 cm³/mol. The molecule has 2 heterocycles. The van der Waals surface area contributed by atoms with Gasteiger partial charge in [-0.3, -0.25) is 0 Å². The maximum Gasteiger partial charge on any atom is 0.136 e. The van der Waals surface area contributed by atoms with Crippen molar-refractivity contribution in [3.63, 3.8) is 0 Å². The molecule has 9 aromatic rings. The second-order valence-electron chi connectivity index (χ2n) is 13.2. The second-order valence-corrected chi connectivity index (χ2v) is 14.2. The Bertz CT molecular complexity index is 2920. The minimum absolute atomic E-state index is 0.431. The topological polar surface area (TPSA) is 13.1 Å². The fourth-order valence-electron chi connectivity index (χ4n) is 8.37. The lowest BCUT2D eigenvalue weighted by Crippen LogP contribution is -2.07. The standard InChI is InChI=1S/C46H28OS/c1-2-10-28-23-30(18-17-27(28)9-1)44-33-12-3-5-14-35(33)45(36-15-6-4-13-34(36)44)31-20-22-43-40(25-31)37-21-19-29-24-39-32-11-7-8-16-41(32)47-42(39)26-38(29)46(37)48-43/h1-22,24-26,28H,23H2. The number of hydrogen-bond acceptors (Lipinski definition) is 2. The third-order valence-corrected chi connectivity index (χ3v) is 11.8. The van der Waals surface area contributed by atoms with E-state index in [0.717, 1.165) is 17.6 Å². The highest BCUT2D eigenvalue weighted by atomic mass is 32.1. The van der Waals surface area contributed by atoms with Crippen LogP contribution in [0.4, 0.5) is 0 Å². The van der Waals surface area contributed by atoms with Crippen LogP contribution >= 0.6 is 11.3 Å². The third kappa shape index (κ3) is 3.72. The van der Waals surface area contributed by atoms with Gasteiger partial charge >= 0.3 is 0 Å². The molecule has 2 aromatic heterocycles. The molecule has 1 unspecified atom stereocenters. The van der Waals surface area contributed by atoms with Gasteiger partial charge in [-0.05, 0) is 91.5 Å². The zero-order chi connectivity index (χ0) is 31.3. The molecule has 2 heteroatoms. The highest BCUT2D eigenvalue weighted by molar-refractivity contribution is 7.26. The van der Waals surface area contributed by atoms with E-state index in [2.05, 4.69) is 146 Å². The number of rotatable bonds is 2. The van der Waals surface area contributed by atoms with E-state index in [4.69, 9.17) is 4.42 Å². The first-order chi connectivity index (χ1) is 23.8. The monoisotopic (exact) mass is 628 g/mol. The van der Waals surface area contributed by atoms with Gasteiger partial charge in [0, 0.05) is 42.2 Å². The molecule has 224 valence electrons. The molecule has 1 atom stereocenters. The molecule has 0 amide bonds. The van der Waals surface area contributed by atoms with E-state index in [1.807, 2.05) is 17.4 Å². The van der Waals surface area contributed by atoms with Crippen molar-refractivity contribution in [3.05, 3.63) is 163 Å². The molecule has 7 aromatic carbocycles. The average Bonchev–Trinajstić information content (AvgIpc) is 3.70. The van der Waals surface area contributed by atoms with Crippen LogP contribution in [0.15, 0.2) is 162 Å². The Morgan fingerprint density at radius 1 is 0.542 bits per heavy atom. The van der Waals surface area contributed by atoms with Crippen LogP contribution in [0.5, 0.6) is 0 Å². The van der Waals surface area contributed by atoms with Crippen molar-refractivity contribution in [1.82, 2.24) is 0 Å². The van der Waals surface area contributed by atoms with Gasteiger partial charge in [-0.15, -0.1) is 11.3 Å².